The molecule has 1 heterocycles. The normalized spacial score (nSPS) is 15.2. The second kappa shape index (κ2) is 6.15. The van der Waals surface area contributed by atoms with E-state index >= 15 is 0 Å². The van der Waals surface area contributed by atoms with Crippen LogP contribution in [0.5, 0.6) is 0 Å². The Morgan fingerprint density at radius 1 is 1.35 bits per heavy atom. The lowest BCUT2D eigenvalue weighted by Crippen LogP contribution is -2.26. The van der Waals surface area contributed by atoms with E-state index in [0.717, 1.165) is 0 Å². The van der Waals surface area contributed by atoms with Crippen LogP contribution in [0.3, 0.4) is 0 Å². The van der Waals surface area contributed by atoms with Gasteiger partial charge >= 0.3 is 11.9 Å². The van der Waals surface area contributed by atoms with Crippen LogP contribution in [0.1, 0.15) is 19.8 Å². The van der Waals surface area contributed by atoms with E-state index in [1.54, 1.807) is 7.11 Å². The van der Waals surface area contributed by atoms with Gasteiger partial charge in [0.05, 0.1) is 6.61 Å². The van der Waals surface area contributed by atoms with Gasteiger partial charge in [0.1, 0.15) is 0 Å². The molecule has 0 spiro atoms. The number of carbonyl (C=O) groups excluding carboxylic acids is 3. The fourth-order valence-electron chi connectivity index (χ4n) is 1.41. The third kappa shape index (κ3) is 3.67. The minimum Gasteiger partial charge on any atom is -0.386 e. The molecule has 0 aromatic heterocycles. The van der Waals surface area contributed by atoms with Crippen molar-refractivity contribution in [2.24, 2.45) is 0 Å². The lowest BCUT2D eigenvalue weighted by Gasteiger charge is -2.03. The van der Waals surface area contributed by atoms with Gasteiger partial charge in [-0.1, -0.05) is 0 Å². The van der Waals surface area contributed by atoms with E-state index < -0.39 is 11.9 Å². The molecule has 6 nitrogen and oxygen atoms in total. The Bertz CT molecular complexity index is 372. The molecule has 0 saturated heterocycles. The standard InChI is InChI=1S/C11H15NO5/c1-7-8(11(15)17-10(7)14)3-4-9(13)12-5-6-16-2/h3-6H2,1-2H3,(H,12,13). The van der Waals surface area contributed by atoms with E-state index in [9.17, 15) is 14.4 Å². The number of carbonyl (C=O) groups is 3. The van der Waals surface area contributed by atoms with Crippen molar-refractivity contribution >= 4 is 17.8 Å². The van der Waals surface area contributed by atoms with Crippen LogP contribution in [0.25, 0.3) is 0 Å². The Kier molecular flexibility index (Phi) is 4.84. The number of amides is 1. The van der Waals surface area contributed by atoms with E-state index in [2.05, 4.69) is 10.1 Å². The van der Waals surface area contributed by atoms with Crippen molar-refractivity contribution in [1.82, 2.24) is 5.32 Å². The van der Waals surface area contributed by atoms with Gasteiger partial charge in [-0.3, -0.25) is 4.79 Å². The molecule has 1 N–H and O–H groups in total. The molecule has 0 atom stereocenters. The maximum Gasteiger partial charge on any atom is 0.342 e. The first-order chi connectivity index (χ1) is 8.06. The molecule has 17 heavy (non-hydrogen) atoms. The minimum atomic E-state index is -0.641. The van der Waals surface area contributed by atoms with E-state index in [4.69, 9.17) is 4.74 Å². The molecule has 0 bridgehead atoms. The summed E-state index contributed by atoms with van der Waals surface area (Å²) in [5, 5.41) is 2.62. The molecular formula is C11H15NO5. The van der Waals surface area contributed by atoms with Crippen LogP contribution >= 0.6 is 0 Å². The zero-order valence-electron chi connectivity index (χ0n) is 9.87. The molecule has 0 unspecified atom stereocenters. The summed E-state index contributed by atoms with van der Waals surface area (Å²) in [6, 6.07) is 0. The number of hydrogen-bond donors (Lipinski definition) is 1. The van der Waals surface area contributed by atoms with Crippen molar-refractivity contribution < 1.29 is 23.9 Å². The maximum atomic E-state index is 11.3. The highest BCUT2D eigenvalue weighted by atomic mass is 16.6. The Balaban J connectivity index is 2.38. The zero-order valence-corrected chi connectivity index (χ0v) is 9.87. The summed E-state index contributed by atoms with van der Waals surface area (Å²) in [7, 11) is 1.54. The predicted molar refractivity (Wildman–Crippen MR) is 57.9 cm³/mol. The second-order valence-corrected chi connectivity index (χ2v) is 3.62. The van der Waals surface area contributed by atoms with Gasteiger partial charge in [0.25, 0.3) is 0 Å². The number of hydrogen-bond acceptors (Lipinski definition) is 5. The fraction of sp³-hybridized carbons (Fsp3) is 0.545. The molecule has 0 radical (unpaired) electrons. The number of nitrogens with one attached hydrogen (secondary N) is 1. The predicted octanol–water partition coefficient (Wildman–Crippen LogP) is -0.0709. The van der Waals surface area contributed by atoms with Crippen LogP contribution in [0.4, 0.5) is 0 Å². The van der Waals surface area contributed by atoms with Crippen LogP contribution in [-0.2, 0) is 23.9 Å². The quantitative estimate of drug-likeness (QED) is 0.400. The van der Waals surface area contributed by atoms with E-state index in [-0.39, 0.29) is 24.3 Å². The molecule has 0 aliphatic carbocycles. The molecule has 1 aliphatic rings. The second-order valence-electron chi connectivity index (χ2n) is 3.62. The SMILES string of the molecule is COCCNC(=O)CCC1=C(C)C(=O)OC1=O. The fourth-order valence-corrected chi connectivity index (χ4v) is 1.41. The number of rotatable bonds is 6. The van der Waals surface area contributed by atoms with Crippen LogP contribution in [0.15, 0.2) is 11.1 Å². The van der Waals surface area contributed by atoms with Crippen LogP contribution in [0, 0.1) is 0 Å². The number of ether oxygens (including phenoxy) is 2. The maximum absolute atomic E-state index is 11.3. The number of esters is 2. The van der Waals surface area contributed by atoms with Crippen molar-refractivity contribution in [3.05, 3.63) is 11.1 Å². The van der Waals surface area contributed by atoms with E-state index in [1.165, 1.54) is 6.92 Å². The number of methoxy groups -OCH3 is 1. The Hall–Kier alpha value is -1.69. The van der Waals surface area contributed by atoms with Crippen LogP contribution in [0.2, 0.25) is 0 Å². The van der Waals surface area contributed by atoms with Gasteiger partial charge in [-0.05, 0) is 13.3 Å². The largest absolute Gasteiger partial charge is 0.386 e. The van der Waals surface area contributed by atoms with E-state index in [0.29, 0.717) is 18.7 Å². The molecule has 1 amide bonds. The highest BCUT2D eigenvalue weighted by Gasteiger charge is 2.29. The Morgan fingerprint density at radius 3 is 2.59 bits per heavy atom. The summed E-state index contributed by atoms with van der Waals surface area (Å²) in [4.78, 5) is 33.6. The first-order valence-corrected chi connectivity index (χ1v) is 5.28. The van der Waals surface area contributed by atoms with Crippen molar-refractivity contribution in [3.63, 3.8) is 0 Å². The van der Waals surface area contributed by atoms with Crippen molar-refractivity contribution in [2.75, 3.05) is 20.3 Å². The average molecular weight is 241 g/mol. The summed E-state index contributed by atoms with van der Waals surface area (Å²) < 4.78 is 9.19. The highest BCUT2D eigenvalue weighted by molar-refractivity contribution is 6.12. The van der Waals surface area contributed by atoms with Crippen molar-refractivity contribution in [1.29, 1.82) is 0 Å². The lowest BCUT2D eigenvalue weighted by molar-refractivity contribution is -0.151. The summed E-state index contributed by atoms with van der Waals surface area (Å²) >= 11 is 0. The lowest BCUT2D eigenvalue weighted by atomic mass is 10.1. The molecule has 94 valence electrons. The molecule has 0 aromatic rings. The van der Waals surface area contributed by atoms with Gasteiger partial charge in [0.2, 0.25) is 5.91 Å². The molecule has 0 saturated carbocycles. The molecular weight excluding hydrogens is 226 g/mol. The van der Waals surface area contributed by atoms with Crippen molar-refractivity contribution in [3.8, 4) is 0 Å². The van der Waals surface area contributed by atoms with Gasteiger partial charge in [-0.25, -0.2) is 9.59 Å². The highest BCUT2D eigenvalue weighted by Crippen LogP contribution is 2.20. The zero-order chi connectivity index (χ0) is 12.8. The minimum absolute atomic E-state index is 0.152. The summed E-state index contributed by atoms with van der Waals surface area (Å²) in [5.74, 6) is -1.45. The third-order valence-electron chi connectivity index (χ3n) is 2.42. The van der Waals surface area contributed by atoms with E-state index in [1.807, 2.05) is 0 Å². The molecule has 6 heteroatoms. The third-order valence-corrected chi connectivity index (χ3v) is 2.42. The Labute approximate surface area is 99.0 Å². The molecule has 1 aliphatic heterocycles. The summed E-state index contributed by atoms with van der Waals surface area (Å²) in [6.45, 7) is 2.39. The van der Waals surface area contributed by atoms with Gasteiger partial charge in [0.15, 0.2) is 0 Å². The average Bonchev–Trinajstić information content (AvgIpc) is 2.51. The van der Waals surface area contributed by atoms with Crippen molar-refractivity contribution in [2.45, 2.75) is 19.8 Å². The topological polar surface area (TPSA) is 81.7 Å². The molecule has 1 rings (SSSR count). The number of cyclic esters (lactones) is 2. The summed E-state index contributed by atoms with van der Waals surface area (Å²) in [6.07, 6.45) is 0.369. The monoisotopic (exact) mass is 241 g/mol. The van der Waals surface area contributed by atoms with Gasteiger partial charge < -0.3 is 14.8 Å². The molecule has 0 aromatic carbocycles. The first kappa shape index (κ1) is 13.4. The van der Waals surface area contributed by atoms with Crippen LogP contribution in [-0.4, -0.2) is 38.1 Å². The first-order valence-electron chi connectivity index (χ1n) is 5.28. The van der Waals surface area contributed by atoms with Gasteiger partial charge in [-0.2, -0.15) is 0 Å². The molecule has 0 fully saturated rings. The summed E-state index contributed by atoms with van der Waals surface area (Å²) in [5.41, 5.74) is 0.580. The van der Waals surface area contributed by atoms with Crippen LogP contribution < -0.4 is 5.32 Å². The Morgan fingerprint density at radius 2 is 2.06 bits per heavy atom. The van der Waals surface area contributed by atoms with Gasteiger partial charge in [0, 0.05) is 31.2 Å². The smallest absolute Gasteiger partial charge is 0.342 e. The van der Waals surface area contributed by atoms with Gasteiger partial charge in [-0.15, -0.1) is 0 Å².